The van der Waals surface area contributed by atoms with E-state index < -0.39 is 5.72 Å². The van der Waals surface area contributed by atoms with Gasteiger partial charge in [-0.05, 0) is 37.8 Å². The molecule has 0 amide bonds. The Morgan fingerprint density at radius 2 is 1.72 bits per heavy atom. The number of methoxy groups -OCH3 is 3. The Labute approximate surface area is 188 Å². The molecule has 0 aromatic heterocycles. The molecule has 0 radical (unpaired) electrons. The second-order valence-electron chi connectivity index (χ2n) is 7.96. The van der Waals surface area contributed by atoms with Crippen LogP contribution in [0.25, 0.3) is 0 Å². The lowest BCUT2D eigenvalue weighted by Gasteiger charge is -2.33. The molecule has 1 fully saturated rings. The quantitative estimate of drug-likeness (QED) is 0.727. The minimum absolute atomic E-state index is 0.135. The van der Waals surface area contributed by atoms with Crippen molar-refractivity contribution in [3.63, 3.8) is 0 Å². The van der Waals surface area contributed by atoms with E-state index >= 15 is 0 Å². The second-order valence-corrected chi connectivity index (χ2v) is 7.96. The number of ketones is 1. The molecule has 0 saturated carbocycles. The number of allylic oxidation sites excluding steroid dienone is 1. The van der Waals surface area contributed by atoms with Crippen LogP contribution in [-0.2, 0) is 16.0 Å². The van der Waals surface area contributed by atoms with Crippen LogP contribution in [0.2, 0.25) is 0 Å². The third kappa shape index (κ3) is 3.52. The summed E-state index contributed by atoms with van der Waals surface area (Å²) in [7, 11) is 6.43. The molecule has 168 valence electrons. The Morgan fingerprint density at radius 3 is 2.34 bits per heavy atom. The highest BCUT2D eigenvalue weighted by atomic mass is 16.5. The fourth-order valence-corrected chi connectivity index (χ4v) is 4.44. The smallest absolute Gasteiger partial charge is 0.220 e. The minimum Gasteiger partial charge on any atom is -0.497 e. The lowest BCUT2D eigenvalue weighted by molar-refractivity contribution is -0.131. The maximum Gasteiger partial charge on any atom is 0.220 e. The number of carbonyl (C=O) groups excluding carboxylic acids is 1. The van der Waals surface area contributed by atoms with E-state index in [1.165, 1.54) is 5.56 Å². The Hall–Kier alpha value is -3.32. The number of benzene rings is 2. The van der Waals surface area contributed by atoms with Crippen molar-refractivity contribution < 1.29 is 19.0 Å². The molecule has 1 atom stereocenters. The SMILES string of the molecule is CN=C1C(=C2CCCc3ccccc3N2)C(=O)C(C)(OC)N1c1cc(OC)cc(OC)c1. The van der Waals surface area contributed by atoms with Gasteiger partial charge in [-0.15, -0.1) is 0 Å². The van der Waals surface area contributed by atoms with E-state index in [9.17, 15) is 4.79 Å². The van der Waals surface area contributed by atoms with Gasteiger partial charge in [0.05, 0.1) is 25.5 Å². The highest BCUT2D eigenvalue weighted by molar-refractivity contribution is 6.37. The molecule has 32 heavy (non-hydrogen) atoms. The van der Waals surface area contributed by atoms with Gasteiger partial charge in [0.15, 0.2) is 0 Å². The summed E-state index contributed by atoms with van der Waals surface area (Å²) in [5, 5.41) is 3.52. The second kappa shape index (κ2) is 8.67. The van der Waals surface area contributed by atoms with Gasteiger partial charge < -0.3 is 19.5 Å². The number of anilines is 2. The van der Waals surface area contributed by atoms with Gasteiger partial charge in [0.1, 0.15) is 17.3 Å². The average Bonchev–Trinajstić information content (AvgIpc) is 2.94. The van der Waals surface area contributed by atoms with Crippen LogP contribution in [0.5, 0.6) is 11.5 Å². The third-order valence-corrected chi connectivity index (χ3v) is 6.19. The zero-order valence-electron chi connectivity index (χ0n) is 19.2. The number of hydrogen-bond donors (Lipinski definition) is 1. The van der Waals surface area contributed by atoms with Crippen molar-refractivity contribution in [1.82, 2.24) is 0 Å². The van der Waals surface area contributed by atoms with Crippen molar-refractivity contribution in [3.8, 4) is 11.5 Å². The summed E-state index contributed by atoms with van der Waals surface area (Å²) < 4.78 is 16.7. The molecule has 7 nitrogen and oxygen atoms in total. The lowest BCUT2D eigenvalue weighted by Crippen LogP contribution is -2.49. The lowest BCUT2D eigenvalue weighted by atomic mass is 10.0. The van der Waals surface area contributed by atoms with Crippen molar-refractivity contribution in [2.45, 2.75) is 31.9 Å². The van der Waals surface area contributed by atoms with Crippen molar-refractivity contribution in [2.24, 2.45) is 4.99 Å². The summed E-state index contributed by atoms with van der Waals surface area (Å²) in [4.78, 5) is 20.2. The number of nitrogens with zero attached hydrogens (tertiary/aromatic N) is 2. The van der Waals surface area contributed by atoms with E-state index in [2.05, 4.69) is 16.4 Å². The van der Waals surface area contributed by atoms with Crippen LogP contribution in [0.3, 0.4) is 0 Å². The van der Waals surface area contributed by atoms with Crippen molar-refractivity contribution >= 4 is 23.0 Å². The molecule has 1 unspecified atom stereocenters. The predicted molar refractivity (Wildman–Crippen MR) is 126 cm³/mol. The van der Waals surface area contributed by atoms with Crippen LogP contribution in [0.15, 0.2) is 58.7 Å². The summed E-state index contributed by atoms with van der Waals surface area (Å²) in [6.45, 7) is 1.77. The first-order chi connectivity index (χ1) is 15.5. The molecule has 0 aliphatic carbocycles. The fourth-order valence-electron chi connectivity index (χ4n) is 4.44. The minimum atomic E-state index is -1.26. The van der Waals surface area contributed by atoms with Crippen LogP contribution < -0.4 is 19.7 Å². The van der Waals surface area contributed by atoms with E-state index in [0.717, 1.165) is 30.6 Å². The number of Topliss-reactive ketones (excluding diaryl/α,β-unsaturated/α-hetero) is 1. The van der Waals surface area contributed by atoms with E-state index in [-0.39, 0.29) is 5.78 Å². The molecule has 2 aliphatic heterocycles. The molecule has 0 spiro atoms. The van der Waals surface area contributed by atoms with Gasteiger partial charge in [-0.1, -0.05) is 18.2 Å². The predicted octanol–water partition coefficient (Wildman–Crippen LogP) is 4.19. The molecule has 0 bridgehead atoms. The Kier molecular flexibility index (Phi) is 5.93. The fraction of sp³-hybridized carbons (Fsp3) is 0.360. The van der Waals surface area contributed by atoms with Gasteiger partial charge in [0.25, 0.3) is 0 Å². The molecule has 7 heteroatoms. The first kappa shape index (κ1) is 21.9. The van der Waals surface area contributed by atoms with Gasteiger partial charge in [-0.25, -0.2) is 0 Å². The number of fused-ring (bicyclic) bond motifs is 1. The first-order valence-corrected chi connectivity index (χ1v) is 10.6. The largest absolute Gasteiger partial charge is 0.497 e. The number of aliphatic imine (C=N–C) groups is 1. The van der Waals surface area contributed by atoms with Gasteiger partial charge in [-0.2, -0.15) is 0 Å². The van der Waals surface area contributed by atoms with E-state index in [1.807, 2.05) is 35.2 Å². The van der Waals surface area contributed by atoms with Gasteiger partial charge >= 0.3 is 0 Å². The van der Waals surface area contributed by atoms with Crippen LogP contribution in [0.1, 0.15) is 25.3 Å². The van der Waals surface area contributed by atoms with Crippen molar-refractivity contribution in [2.75, 3.05) is 38.6 Å². The summed E-state index contributed by atoms with van der Waals surface area (Å²) >= 11 is 0. The zero-order valence-corrected chi connectivity index (χ0v) is 19.2. The molecule has 1 saturated heterocycles. The molecule has 2 aromatic rings. The van der Waals surface area contributed by atoms with Crippen molar-refractivity contribution in [1.29, 1.82) is 0 Å². The number of amidine groups is 1. The molecule has 2 heterocycles. The Balaban J connectivity index is 1.89. The summed E-state index contributed by atoms with van der Waals surface area (Å²) in [6, 6.07) is 13.7. The maximum atomic E-state index is 13.8. The summed E-state index contributed by atoms with van der Waals surface area (Å²) in [5.41, 5.74) is 3.12. The zero-order chi connectivity index (χ0) is 22.9. The number of aryl methyl sites for hydroxylation is 1. The average molecular weight is 436 g/mol. The van der Waals surface area contributed by atoms with E-state index in [0.29, 0.717) is 28.6 Å². The third-order valence-electron chi connectivity index (χ3n) is 6.19. The Morgan fingerprint density at radius 1 is 1.03 bits per heavy atom. The highest BCUT2D eigenvalue weighted by Gasteiger charge is 2.53. The monoisotopic (exact) mass is 435 g/mol. The molecular weight excluding hydrogens is 406 g/mol. The van der Waals surface area contributed by atoms with Gasteiger partial charge in [0, 0.05) is 43.7 Å². The number of carbonyl (C=O) groups is 1. The molecule has 4 rings (SSSR count). The Bertz CT molecular complexity index is 1090. The van der Waals surface area contributed by atoms with Gasteiger partial charge in [-0.3, -0.25) is 14.7 Å². The van der Waals surface area contributed by atoms with E-state index in [1.54, 1.807) is 41.4 Å². The topological polar surface area (TPSA) is 72.4 Å². The first-order valence-electron chi connectivity index (χ1n) is 10.6. The molecular formula is C25H29N3O4. The maximum absolute atomic E-state index is 13.8. The number of para-hydroxylation sites is 1. The van der Waals surface area contributed by atoms with Crippen LogP contribution in [-0.4, -0.2) is 45.7 Å². The number of ether oxygens (including phenoxy) is 3. The standard InChI is InChI=1S/C25H29N3O4/c1-25(32-5)23(29)22(21-12-8-10-16-9-6-7-11-20(16)27-21)24(26-2)28(25)17-13-18(30-3)15-19(14-17)31-4/h6-7,9,11,13-15,27H,8,10,12H2,1-5H3. The number of nitrogens with one attached hydrogen (secondary N) is 1. The molecule has 2 aliphatic rings. The van der Waals surface area contributed by atoms with Crippen LogP contribution in [0.4, 0.5) is 11.4 Å². The van der Waals surface area contributed by atoms with Gasteiger partial charge in [0.2, 0.25) is 11.5 Å². The number of rotatable bonds is 4. The van der Waals surface area contributed by atoms with Crippen molar-refractivity contribution in [3.05, 3.63) is 59.3 Å². The van der Waals surface area contributed by atoms with Crippen LogP contribution in [0, 0.1) is 0 Å². The summed E-state index contributed by atoms with van der Waals surface area (Å²) in [6.07, 6.45) is 2.62. The number of hydrogen-bond acceptors (Lipinski definition) is 6. The summed E-state index contributed by atoms with van der Waals surface area (Å²) in [5.74, 6) is 1.65. The van der Waals surface area contributed by atoms with Crippen LogP contribution >= 0.6 is 0 Å². The van der Waals surface area contributed by atoms with E-state index in [4.69, 9.17) is 14.2 Å². The molecule has 1 N–H and O–H groups in total. The normalized spacial score (nSPS) is 24.2. The molecule has 2 aromatic carbocycles. The highest BCUT2D eigenvalue weighted by Crippen LogP contribution is 2.42.